The highest BCUT2D eigenvalue weighted by atomic mass is 19.4. The van der Waals surface area contributed by atoms with E-state index >= 15 is 0 Å². The van der Waals surface area contributed by atoms with Crippen LogP contribution in [0.5, 0.6) is 0 Å². The van der Waals surface area contributed by atoms with E-state index in [1.807, 2.05) is 0 Å². The van der Waals surface area contributed by atoms with Crippen molar-refractivity contribution >= 4 is 23.2 Å². The van der Waals surface area contributed by atoms with Gasteiger partial charge in [-0.25, -0.2) is 0 Å². The lowest BCUT2D eigenvalue weighted by atomic mass is 9.97. The molecule has 4 nitrogen and oxygen atoms in total. The molecule has 0 saturated carbocycles. The minimum Gasteiger partial charge on any atom is -0.312 e. The van der Waals surface area contributed by atoms with Gasteiger partial charge in [0.15, 0.2) is 0 Å². The van der Waals surface area contributed by atoms with Gasteiger partial charge in [-0.15, -0.1) is 0 Å². The first-order valence-corrected chi connectivity index (χ1v) is 9.99. The number of benzene rings is 2. The monoisotopic (exact) mass is 456 g/mol. The molecule has 0 unspecified atom stereocenters. The fourth-order valence-electron chi connectivity index (χ4n) is 4.04. The van der Waals surface area contributed by atoms with Crippen LogP contribution in [0.1, 0.15) is 36.8 Å². The number of nitrogens with zero attached hydrogens (tertiary/aromatic N) is 2. The Morgan fingerprint density at radius 3 is 1.34 bits per heavy atom. The number of anilines is 2. The Morgan fingerprint density at radius 1 is 0.594 bits per heavy atom. The van der Waals surface area contributed by atoms with E-state index in [0.29, 0.717) is 62.3 Å². The fraction of sp³-hybridized carbons (Fsp3) is 0.364. The summed E-state index contributed by atoms with van der Waals surface area (Å²) in [7, 11) is 0. The van der Waals surface area contributed by atoms with Crippen molar-refractivity contribution in [2.24, 2.45) is 0 Å². The van der Waals surface area contributed by atoms with Crippen LogP contribution < -0.4 is 9.80 Å². The number of rotatable bonds is 3. The number of carbonyl (C=O) groups excluding carboxylic acids is 2. The van der Waals surface area contributed by atoms with Gasteiger partial charge in [-0.1, -0.05) is 0 Å². The van der Waals surface area contributed by atoms with Gasteiger partial charge in [0.2, 0.25) is 11.8 Å². The van der Waals surface area contributed by atoms with E-state index in [9.17, 15) is 35.9 Å². The molecule has 0 radical (unpaired) electrons. The highest BCUT2D eigenvalue weighted by Gasteiger charge is 2.37. The number of amides is 2. The zero-order chi connectivity index (χ0) is 23.3. The second-order valence-corrected chi connectivity index (χ2v) is 7.83. The molecule has 0 N–H and O–H groups in total. The predicted molar refractivity (Wildman–Crippen MR) is 105 cm³/mol. The van der Waals surface area contributed by atoms with E-state index in [4.69, 9.17) is 0 Å². The summed E-state index contributed by atoms with van der Waals surface area (Å²) in [5, 5.41) is 0. The van der Waals surface area contributed by atoms with Crippen molar-refractivity contribution in [3.63, 3.8) is 0 Å². The molecule has 10 heteroatoms. The molecule has 2 heterocycles. The summed E-state index contributed by atoms with van der Waals surface area (Å²) in [5.74, 6) is -0.387. The molecule has 2 aromatic carbocycles. The number of alkyl halides is 6. The van der Waals surface area contributed by atoms with Gasteiger partial charge < -0.3 is 9.80 Å². The highest BCUT2D eigenvalue weighted by molar-refractivity contribution is 6.00. The Hall–Kier alpha value is -3.04. The van der Waals surface area contributed by atoms with E-state index in [1.54, 1.807) is 6.07 Å². The van der Waals surface area contributed by atoms with Crippen molar-refractivity contribution in [3.05, 3.63) is 47.5 Å². The third kappa shape index (κ3) is 4.31. The molecule has 2 aliphatic rings. The summed E-state index contributed by atoms with van der Waals surface area (Å²) in [6.07, 6.45) is -8.20. The van der Waals surface area contributed by atoms with Crippen molar-refractivity contribution in [3.8, 4) is 11.1 Å². The van der Waals surface area contributed by atoms with Crippen LogP contribution >= 0.6 is 0 Å². The minimum absolute atomic E-state index is 0.0634. The van der Waals surface area contributed by atoms with Crippen LogP contribution in [0.15, 0.2) is 36.4 Å². The zero-order valence-electron chi connectivity index (χ0n) is 16.7. The lowest BCUT2D eigenvalue weighted by molar-refractivity contribution is -0.143. The van der Waals surface area contributed by atoms with Crippen LogP contribution in [-0.4, -0.2) is 24.9 Å². The topological polar surface area (TPSA) is 40.6 Å². The van der Waals surface area contributed by atoms with E-state index in [2.05, 4.69) is 0 Å². The van der Waals surface area contributed by atoms with Gasteiger partial charge in [0.1, 0.15) is 0 Å². The van der Waals surface area contributed by atoms with E-state index in [-0.39, 0.29) is 29.0 Å². The molecule has 4 rings (SSSR count). The Bertz CT molecular complexity index is 1000. The maximum atomic E-state index is 13.3. The fourth-order valence-corrected chi connectivity index (χ4v) is 4.04. The number of hydrogen-bond donors (Lipinski definition) is 0. The number of halogens is 6. The molecule has 0 aromatic heterocycles. The summed E-state index contributed by atoms with van der Waals surface area (Å²) < 4.78 is 80.0. The Labute approximate surface area is 179 Å². The van der Waals surface area contributed by atoms with Crippen molar-refractivity contribution in [2.45, 2.75) is 38.0 Å². The van der Waals surface area contributed by atoms with Gasteiger partial charge in [0.25, 0.3) is 0 Å². The first kappa shape index (κ1) is 22.2. The van der Waals surface area contributed by atoms with Gasteiger partial charge in [0, 0.05) is 37.3 Å². The predicted octanol–water partition coefficient (Wildman–Crippen LogP) is 5.64. The molecule has 0 aliphatic carbocycles. The van der Waals surface area contributed by atoms with Crippen LogP contribution in [0.25, 0.3) is 11.1 Å². The molecule has 0 bridgehead atoms. The minimum atomic E-state index is -4.98. The zero-order valence-corrected chi connectivity index (χ0v) is 16.7. The Balaban J connectivity index is 1.90. The highest BCUT2D eigenvalue weighted by Crippen LogP contribution is 2.41. The smallest absolute Gasteiger partial charge is 0.312 e. The largest absolute Gasteiger partial charge is 0.416 e. The van der Waals surface area contributed by atoms with Crippen molar-refractivity contribution < 1.29 is 35.9 Å². The maximum Gasteiger partial charge on any atom is 0.416 e. The van der Waals surface area contributed by atoms with Gasteiger partial charge in [-0.05, 0) is 60.4 Å². The summed E-state index contributed by atoms with van der Waals surface area (Å²) in [6.45, 7) is 0.762. The summed E-state index contributed by atoms with van der Waals surface area (Å²) in [6, 6.07) is 5.73. The molecule has 2 fully saturated rings. The maximum absolute atomic E-state index is 13.3. The molecule has 170 valence electrons. The first-order chi connectivity index (χ1) is 14.9. The average molecular weight is 456 g/mol. The molecule has 0 atom stereocenters. The van der Waals surface area contributed by atoms with E-state index in [1.165, 1.54) is 21.9 Å². The number of carbonyl (C=O) groups is 2. The number of hydrogen-bond acceptors (Lipinski definition) is 2. The molecular formula is C22H18F6N2O2. The van der Waals surface area contributed by atoms with Gasteiger partial charge >= 0.3 is 12.4 Å². The third-order valence-electron chi connectivity index (χ3n) is 5.59. The van der Waals surface area contributed by atoms with Crippen LogP contribution in [-0.2, 0) is 21.9 Å². The van der Waals surface area contributed by atoms with E-state index < -0.39 is 23.5 Å². The lowest BCUT2D eigenvalue weighted by Gasteiger charge is -2.23. The molecule has 32 heavy (non-hydrogen) atoms. The van der Waals surface area contributed by atoms with Crippen LogP contribution in [0.2, 0.25) is 0 Å². The van der Waals surface area contributed by atoms with Gasteiger partial charge in [-0.2, -0.15) is 26.3 Å². The molecule has 2 saturated heterocycles. The second kappa shape index (κ2) is 7.83. The third-order valence-corrected chi connectivity index (χ3v) is 5.59. The normalized spacial score (nSPS) is 17.6. The SMILES string of the molecule is O=C1CCCN1c1cc(-c2cc(C(F)(F)F)cc(C(F)(F)F)c2)cc(N2CCCC2=O)c1. The second-order valence-electron chi connectivity index (χ2n) is 7.83. The van der Waals surface area contributed by atoms with Gasteiger partial charge in [-0.3, -0.25) is 9.59 Å². The quantitative estimate of drug-likeness (QED) is 0.561. The van der Waals surface area contributed by atoms with Crippen LogP contribution in [0, 0.1) is 0 Å². The summed E-state index contributed by atoms with van der Waals surface area (Å²) in [5.41, 5.74) is -2.41. The van der Waals surface area contributed by atoms with Crippen molar-refractivity contribution in [1.82, 2.24) is 0 Å². The Morgan fingerprint density at radius 2 is 1.00 bits per heavy atom. The first-order valence-electron chi connectivity index (χ1n) is 9.99. The van der Waals surface area contributed by atoms with Crippen molar-refractivity contribution in [2.75, 3.05) is 22.9 Å². The Kier molecular flexibility index (Phi) is 5.42. The summed E-state index contributed by atoms with van der Waals surface area (Å²) >= 11 is 0. The standard InChI is InChI=1S/C22H18F6N2O2/c23-21(24,25)15-7-13(8-16(11-15)22(26,27)28)14-9-17(29-5-1-3-19(29)31)12-18(10-14)30-6-2-4-20(30)32/h7-12H,1-6H2. The lowest BCUT2D eigenvalue weighted by Crippen LogP contribution is -2.26. The molecule has 2 amide bonds. The van der Waals surface area contributed by atoms with E-state index in [0.717, 1.165) is 0 Å². The molecule has 0 spiro atoms. The van der Waals surface area contributed by atoms with Crippen LogP contribution in [0.4, 0.5) is 37.7 Å². The average Bonchev–Trinajstić information content (AvgIpc) is 3.34. The van der Waals surface area contributed by atoms with Crippen molar-refractivity contribution in [1.29, 1.82) is 0 Å². The molecule has 2 aliphatic heterocycles. The molecule has 2 aromatic rings. The summed E-state index contributed by atoms with van der Waals surface area (Å²) in [4.78, 5) is 27.3. The molecular weight excluding hydrogens is 438 g/mol. The van der Waals surface area contributed by atoms with Crippen LogP contribution in [0.3, 0.4) is 0 Å². The van der Waals surface area contributed by atoms with Gasteiger partial charge in [0.05, 0.1) is 11.1 Å².